The zero-order chi connectivity index (χ0) is 31.7. The molecule has 2 saturated heterocycles. The third kappa shape index (κ3) is 4.22. The van der Waals surface area contributed by atoms with E-state index in [1.54, 1.807) is 0 Å². The molecule has 45 heavy (non-hydrogen) atoms. The van der Waals surface area contributed by atoms with Gasteiger partial charge in [-0.15, -0.1) is 0 Å². The van der Waals surface area contributed by atoms with Crippen molar-refractivity contribution in [1.82, 2.24) is 4.90 Å². The minimum absolute atomic E-state index is 0.00198. The van der Waals surface area contributed by atoms with Crippen molar-refractivity contribution in [2.24, 2.45) is 56.7 Å². The average Bonchev–Trinajstić information content (AvgIpc) is 3.89. The Labute approximate surface area is 269 Å². The number of rotatable bonds is 6. The lowest BCUT2D eigenvalue weighted by Gasteiger charge is -2.64. The quantitative estimate of drug-likeness (QED) is 0.393. The molecule has 0 aromatic carbocycles. The maximum Gasteiger partial charge on any atom is 0.305 e. The van der Waals surface area contributed by atoms with Gasteiger partial charge in [0.1, 0.15) is 0 Å². The van der Waals surface area contributed by atoms with Crippen molar-refractivity contribution >= 4 is 11.9 Å². The molecule has 8 aliphatic rings. The summed E-state index contributed by atoms with van der Waals surface area (Å²) < 4.78 is 19.5. The van der Waals surface area contributed by atoms with Crippen LogP contribution in [0.15, 0.2) is 0 Å². The van der Waals surface area contributed by atoms with E-state index in [0.717, 1.165) is 32.1 Å². The first-order chi connectivity index (χ1) is 21.3. The number of carboxylic acids is 1. The van der Waals surface area contributed by atoms with Crippen molar-refractivity contribution in [3.63, 3.8) is 0 Å². The largest absolute Gasteiger partial charge is 0.481 e. The van der Waals surface area contributed by atoms with Crippen LogP contribution in [0.25, 0.3) is 0 Å². The van der Waals surface area contributed by atoms with E-state index >= 15 is 0 Å². The Kier molecular flexibility index (Phi) is 7.01. The fraction of sp³-hybridized carbons (Fsp3) is 0.946. The summed E-state index contributed by atoms with van der Waals surface area (Å²) in [4.78, 5) is 26.4. The first kappa shape index (κ1) is 31.1. The molecular weight excluding hydrogens is 570 g/mol. The predicted octanol–water partition coefficient (Wildman–Crippen LogP) is 5.64. The van der Waals surface area contributed by atoms with Gasteiger partial charge in [0, 0.05) is 18.4 Å². The number of morpholine rings is 1. The molecule has 8 rings (SSSR count). The van der Waals surface area contributed by atoms with Crippen LogP contribution in [0.2, 0.25) is 0 Å². The van der Waals surface area contributed by atoms with Gasteiger partial charge in [0.15, 0.2) is 6.29 Å². The summed E-state index contributed by atoms with van der Waals surface area (Å²) >= 11 is 0. The zero-order valence-electron chi connectivity index (χ0n) is 28.3. The highest BCUT2D eigenvalue weighted by atomic mass is 16.7. The number of aliphatic hydroxyl groups is 1. The van der Waals surface area contributed by atoms with Crippen LogP contribution in [0.3, 0.4) is 0 Å². The molecular formula is C37H57NO7. The number of hydrogen-bond donors (Lipinski definition) is 2. The highest BCUT2D eigenvalue weighted by molar-refractivity contribution is 5.76. The summed E-state index contributed by atoms with van der Waals surface area (Å²) in [5.41, 5.74) is 0.300. The number of carboxylic acid groups (broad SMARTS) is 1. The molecule has 0 bridgehead atoms. The number of amides is 1. The van der Waals surface area contributed by atoms with Crippen LogP contribution in [0.1, 0.15) is 112 Å². The molecule has 0 aromatic heterocycles. The summed E-state index contributed by atoms with van der Waals surface area (Å²) in [7, 11) is 0. The Balaban J connectivity index is 1.01. The first-order valence-corrected chi connectivity index (χ1v) is 18.4. The lowest BCUT2D eigenvalue weighted by Crippen LogP contribution is -2.60. The number of fused-ring (bicyclic) bond motifs is 4. The van der Waals surface area contributed by atoms with Crippen LogP contribution in [-0.4, -0.2) is 77.4 Å². The van der Waals surface area contributed by atoms with E-state index in [9.17, 15) is 19.8 Å². The Morgan fingerprint density at radius 2 is 1.69 bits per heavy atom. The van der Waals surface area contributed by atoms with Crippen molar-refractivity contribution in [2.45, 2.75) is 142 Å². The number of ether oxygens (including phenoxy) is 3. The standard InChI is InChI=1S/C37H57NO7/c1-21-16-23(18-28(40)41)44-31-30(21)34(4)12-13-37-20-36(37)11-10-26(33(2,3)24(36)8-9-25(37)35(34,5)32(31)42)45-29-19-38(14-15-43-29)27(39)17-22-6-7-22/h21-26,29-32,42H,6-20H2,1-5H3,(H,40,41)/t21-,23-,24+,25+,26?,29?,30+,31+,32+,34-,35-,36?,37+/m1/s1. The molecule has 6 aliphatic carbocycles. The summed E-state index contributed by atoms with van der Waals surface area (Å²) in [6.45, 7) is 13.8. The Bertz CT molecular complexity index is 1240. The van der Waals surface area contributed by atoms with Gasteiger partial charge in [0.25, 0.3) is 0 Å². The second-order valence-electron chi connectivity index (χ2n) is 18.1. The lowest BCUT2D eigenvalue weighted by molar-refractivity contribution is -0.248. The van der Waals surface area contributed by atoms with E-state index in [2.05, 4.69) is 34.6 Å². The molecule has 3 unspecified atom stereocenters. The molecule has 8 nitrogen and oxygen atoms in total. The monoisotopic (exact) mass is 627 g/mol. The van der Waals surface area contributed by atoms with Gasteiger partial charge in [-0.25, -0.2) is 0 Å². The Hall–Kier alpha value is -1.22. The zero-order valence-corrected chi connectivity index (χ0v) is 28.3. The summed E-state index contributed by atoms with van der Waals surface area (Å²) in [6, 6.07) is 0. The molecule has 8 heteroatoms. The number of aliphatic hydroxyl groups excluding tert-OH is 1. The molecule has 13 atom stereocenters. The van der Waals surface area contributed by atoms with Gasteiger partial charge in [0.05, 0.1) is 44.0 Å². The second-order valence-corrected chi connectivity index (χ2v) is 18.1. The van der Waals surface area contributed by atoms with Gasteiger partial charge < -0.3 is 29.3 Å². The molecule has 2 spiro atoms. The molecule has 252 valence electrons. The number of nitrogens with zero attached hydrogens (tertiary/aromatic N) is 1. The van der Waals surface area contributed by atoms with Crippen molar-refractivity contribution in [1.29, 1.82) is 0 Å². The van der Waals surface area contributed by atoms with Crippen LogP contribution in [0.5, 0.6) is 0 Å². The van der Waals surface area contributed by atoms with E-state index in [1.165, 1.54) is 32.1 Å². The second kappa shape index (κ2) is 10.1. The lowest BCUT2D eigenvalue weighted by atomic mass is 9.41. The maximum atomic E-state index is 12.9. The minimum Gasteiger partial charge on any atom is -0.481 e. The maximum absolute atomic E-state index is 12.9. The smallest absolute Gasteiger partial charge is 0.305 e. The van der Waals surface area contributed by atoms with E-state index in [0.29, 0.717) is 55.2 Å². The third-order valence-corrected chi connectivity index (χ3v) is 16.1. The predicted molar refractivity (Wildman–Crippen MR) is 167 cm³/mol. The van der Waals surface area contributed by atoms with E-state index in [4.69, 9.17) is 14.2 Å². The fourth-order valence-corrected chi connectivity index (χ4v) is 13.8. The van der Waals surface area contributed by atoms with Crippen molar-refractivity contribution < 1.29 is 34.0 Å². The van der Waals surface area contributed by atoms with Crippen LogP contribution < -0.4 is 0 Å². The van der Waals surface area contributed by atoms with E-state index in [-0.39, 0.29) is 64.5 Å². The summed E-state index contributed by atoms with van der Waals surface area (Å²) in [5, 5.41) is 21.8. The number of carbonyl (C=O) groups is 2. The van der Waals surface area contributed by atoms with Gasteiger partial charge in [-0.1, -0.05) is 34.6 Å². The Morgan fingerprint density at radius 3 is 2.42 bits per heavy atom. The Morgan fingerprint density at radius 1 is 0.956 bits per heavy atom. The van der Waals surface area contributed by atoms with Crippen LogP contribution in [-0.2, 0) is 23.8 Å². The highest BCUT2D eigenvalue weighted by Gasteiger charge is 2.84. The SMILES string of the molecule is C[C@@H]1C[C@H](CC(=O)O)O[C@H]2[C@H]1[C@@]1(C)CC[C@@]34CC35CCC(OC3CN(C(=O)CC6CC6)CCO3)C(C)(C)[C@@H]5CC[C@H]4[C@]1(C)[C@H]2O. The number of hydrogen-bond acceptors (Lipinski definition) is 6. The van der Waals surface area contributed by atoms with Gasteiger partial charge in [-0.2, -0.15) is 0 Å². The molecule has 1 amide bonds. The third-order valence-electron chi connectivity index (χ3n) is 16.1. The van der Waals surface area contributed by atoms with Crippen LogP contribution in [0.4, 0.5) is 0 Å². The van der Waals surface area contributed by atoms with E-state index < -0.39 is 12.1 Å². The van der Waals surface area contributed by atoms with Crippen molar-refractivity contribution in [2.75, 3.05) is 19.7 Å². The fourth-order valence-electron chi connectivity index (χ4n) is 13.8. The first-order valence-electron chi connectivity index (χ1n) is 18.4. The number of carbonyl (C=O) groups excluding carboxylic acids is 1. The van der Waals surface area contributed by atoms with Crippen molar-refractivity contribution in [3.8, 4) is 0 Å². The molecule has 0 aromatic rings. The molecule has 8 fully saturated rings. The number of aliphatic carboxylic acids is 1. The van der Waals surface area contributed by atoms with Gasteiger partial charge in [-0.3, -0.25) is 9.59 Å². The summed E-state index contributed by atoms with van der Waals surface area (Å²) in [5.74, 6) is 1.66. The molecule has 0 radical (unpaired) electrons. The molecule has 6 saturated carbocycles. The van der Waals surface area contributed by atoms with Crippen LogP contribution in [0, 0.1) is 56.7 Å². The van der Waals surface area contributed by atoms with Crippen LogP contribution >= 0.6 is 0 Å². The van der Waals surface area contributed by atoms with Gasteiger partial charge in [-0.05, 0) is 115 Å². The topological polar surface area (TPSA) is 106 Å². The van der Waals surface area contributed by atoms with Crippen molar-refractivity contribution in [3.05, 3.63) is 0 Å². The minimum atomic E-state index is -0.818. The van der Waals surface area contributed by atoms with E-state index in [1.807, 2.05) is 4.90 Å². The average molecular weight is 628 g/mol. The molecule has 2 aliphatic heterocycles. The van der Waals surface area contributed by atoms with Gasteiger partial charge >= 0.3 is 5.97 Å². The summed E-state index contributed by atoms with van der Waals surface area (Å²) in [6.07, 6.45) is 10.5. The molecule has 2 heterocycles. The van der Waals surface area contributed by atoms with Gasteiger partial charge in [0.2, 0.25) is 5.91 Å². The highest BCUT2D eigenvalue weighted by Crippen LogP contribution is 2.89. The normalized spacial score (nSPS) is 52.9. The molecule has 2 N–H and O–H groups in total.